The van der Waals surface area contributed by atoms with Crippen LogP contribution in [-0.2, 0) is 71.3 Å². The highest BCUT2D eigenvalue weighted by atomic mass is 16.7. The molecule has 29 nitrogen and oxygen atoms in total. The quantitative estimate of drug-likeness (QED) is 0.0276. The van der Waals surface area contributed by atoms with Crippen molar-refractivity contribution >= 4 is 29.5 Å². The van der Waals surface area contributed by atoms with Gasteiger partial charge in [-0.2, -0.15) is 0 Å². The lowest BCUT2D eigenvalue weighted by Gasteiger charge is -2.40. The fourth-order valence-electron chi connectivity index (χ4n) is 14.0. The normalized spacial score (nSPS) is 24.6. The van der Waals surface area contributed by atoms with Crippen molar-refractivity contribution < 1.29 is 117 Å². The number of amides is 5. The van der Waals surface area contributed by atoms with E-state index in [-0.39, 0.29) is 108 Å². The van der Waals surface area contributed by atoms with Gasteiger partial charge in [0.25, 0.3) is 0 Å². The molecule has 3 aliphatic rings. The van der Waals surface area contributed by atoms with E-state index in [9.17, 15) is 69.9 Å². The average Bonchev–Trinajstić information content (AvgIpc) is 0.834. The molecule has 111 heavy (non-hydrogen) atoms. The molecular weight excluding hydrogens is 1440 g/mol. The van der Waals surface area contributed by atoms with E-state index >= 15 is 0 Å². The van der Waals surface area contributed by atoms with E-state index in [0.717, 1.165) is 218 Å². The van der Waals surface area contributed by atoms with E-state index in [1.807, 2.05) is 0 Å². The van der Waals surface area contributed by atoms with Gasteiger partial charge in [0.15, 0.2) is 18.9 Å². The van der Waals surface area contributed by atoms with Gasteiger partial charge in [-0.15, -0.1) is 0 Å². The molecule has 0 spiro atoms. The summed E-state index contributed by atoms with van der Waals surface area (Å²) < 4.78 is 58.2. The summed E-state index contributed by atoms with van der Waals surface area (Å²) in [5.74, 6) is -2.21. The number of nitrogens with one attached hydrogen (secondary N) is 5. The Morgan fingerprint density at radius 3 is 0.793 bits per heavy atom. The third kappa shape index (κ3) is 47.0. The zero-order valence-electron chi connectivity index (χ0n) is 68.6. The van der Waals surface area contributed by atoms with E-state index in [4.69, 9.17) is 47.4 Å². The smallest absolute Gasteiger partial charge is 0.222 e. The first-order valence-corrected chi connectivity index (χ1v) is 43.1. The van der Waals surface area contributed by atoms with Gasteiger partial charge in [-0.25, -0.2) is 0 Å². The summed E-state index contributed by atoms with van der Waals surface area (Å²) >= 11 is 0. The first-order chi connectivity index (χ1) is 53.8. The number of aliphatic hydroxyl groups is 9. The third-order valence-corrected chi connectivity index (χ3v) is 21.5. The average molecular weight is 1600 g/mol. The summed E-state index contributed by atoms with van der Waals surface area (Å²) in [6.45, 7) is 8.20. The number of hydrogen-bond donors (Lipinski definition) is 14. The summed E-state index contributed by atoms with van der Waals surface area (Å²) in [6, 6.07) is 0. The van der Waals surface area contributed by atoms with Crippen LogP contribution >= 0.6 is 0 Å². The molecule has 3 heterocycles. The third-order valence-electron chi connectivity index (χ3n) is 21.5. The number of rotatable bonds is 72. The predicted molar refractivity (Wildman–Crippen MR) is 421 cm³/mol. The minimum Gasteiger partial charge on any atom is -0.394 e. The van der Waals surface area contributed by atoms with Crippen LogP contribution in [0.4, 0.5) is 0 Å². The number of methoxy groups -OCH3 is 1. The van der Waals surface area contributed by atoms with Crippen molar-refractivity contribution in [1.82, 2.24) is 26.6 Å². The molecule has 5 amide bonds. The van der Waals surface area contributed by atoms with Crippen LogP contribution in [0.15, 0.2) is 0 Å². The van der Waals surface area contributed by atoms with Crippen LogP contribution in [0.3, 0.4) is 0 Å². The van der Waals surface area contributed by atoms with Crippen LogP contribution in [0.25, 0.3) is 0 Å². The number of ether oxygens (including phenoxy) is 10. The van der Waals surface area contributed by atoms with Crippen molar-refractivity contribution in [3.8, 4) is 0 Å². The van der Waals surface area contributed by atoms with Crippen LogP contribution in [-0.4, -0.2) is 274 Å². The molecule has 0 saturated carbocycles. The van der Waals surface area contributed by atoms with Gasteiger partial charge in [0.2, 0.25) is 29.5 Å². The monoisotopic (exact) mass is 1590 g/mol. The number of hydrogen-bond acceptors (Lipinski definition) is 24. The summed E-state index contributed by atoms with van der Waals surface area (Å²) in [5, 5.41) is 105. The van der Waals surface area contributed by atoms with Gasteiger partial charge >= 0.3 is 0 Å². The molecule has 3 saturated heterocycles. The van der Waals surface area contributed by atoms with E-state index in [2.05, 4.69) is 26.6 Å². The van der Waals surface area contributed by atoms with Crippen molar-refractivity contribution in [2.24, 2.45) is 17.8 Å². The number of aliphatic hydroxyl groups excluding tert-OH is 9. The van der Waals surface area contributed by atoms with Gasteiger partial charge in [0, 0.05) is 110 Å². The molecule has 0 aromatic carbocycles. The molecular formula is C82H155N5O24. The van der Waals surface area contributed by atoms with E-state index in [0.29, 0.717) is 52.6 Å². The Morgan fingerprint density at radius 2 is 0.532 bits per heavy atom. The highest BCUT2D eigenvalue weighted by Crippen LogP contribution is 2.30. The largest absolute Gasteiger partial charge is 0.394 e. The molecule has 15 atom stereocenters. The molecule has 3 rings (SSSR count). The fourth-order valence-corrected chi connectivity index (χ4v) is 14.0. The zero-order valence-corrected chi connectivity index (χ0v) is 68.6. The Hall–Kier alpha value is -3.41. The minimum atomic E-state index is -1.29. The second-order valence-electron chi connectivity index (χ2n) is 31.3. The van der Waals surface area contributed by atoms with Crippen molar-refractivity contribution in [2.75, 3.05) is 119 Å². The molecule has 14 N–H and O–H groups in total. The van der Waals surface area contributed by atoms with Crippen LogP contribution < -0.4 is 26.6 Å². The molecule has 3 aliphatic heterocycles. The fraction of sp³-hybridized carbons (Fsp3) is 0.939. The second-order valence-corrected chi connectivity index (χ2v) is 31.3. The minimum absolute atomic E-state index is 0.0243. The predicted octanol–water partition coefficient (Wildman–Crippen LogP) is 6.88. The first-order valence-electron chi connectivity index (χ1n) is 43.1. The lowest BCUT2D eigenvalue weighted by molar-refractivity contribution is -0.282. The van der Waals surface area contributed by atoms with Gasteiger partial charge in [-0.3, -0.25) is 24.0 Å². The van der Waals surface area contributed by atoms with Crippen molar-refractivity contribution in [2.45, 2.75) is 357 Å². The van der Waals surface area contributed by atoms with E-state index < -0.39 is 117 Å². The Morgan fingerprint density at radius 1 is 0.297 bits per heavy atom. The Bertz CT molecular complexity index is 2100. The van der Waals surface area contributed by atoms with Gasteiger partial charge in [0.1, 0.15) is 42.2 Å². The van der Waals surface area contributed by atoms with Gasteiger partial charge in [-0.1, -0.05) is 188 Å². The number of unbranched alkanes of at least 4 members (excludes halogenated alkanes) is 30. The highest BCUT2D eigenvalue weighted by molar-refractivity contribution is 5.79. The Kier molecular flexibility index (Phi) is 60.2. The molecule has 0 aliphatic carbocycles. The zero-order chi connectivity index (χ0) is 81.0. The lowest BCUT2D eigenvalue weighted by Crippen LogP contribution is -2.58. The topological polar surface area (TPSA) is 420 Å². The summed E-state index contributed by atoms with van der Waals surface area (Å²) in [6.07, 6.45) is 24.4. The number of carbonyl (C=O) groups is 5. The van der Waals surface area contributed by atoms with Crippen molar-refractivity contribution in [3.05, 3.63) is 0 Å². The standard InChI is InChI=1S/C82H155N5O24/c1-62-73(96)76(99)65(56-88)109-79(62)106-50-36-27-20-14-8-5-11-17-23-31-46-84-69(92)42-53-103-59-82(87-72(95)41-39-40-68(91)83-45-34-26-30-35-49-102-4,60-104-54-43-70(93)85-47-32-24-18-12-6-9-15-21-28-37-51-107-80-63(2)74(97)77(100)66(57-89)110-80)61-105-55-44-71(94)86-48-33-25-19-13-7-10-16-22-29-38-52-108-81-64(3)75(98)78(101)67(58-90)111-81/h62-67,73-81,88-90,96-101H,5-61H2,1-4H3,(H,83,91)(H,84,92)(H,85,93)(H,86,94)(H,87,95)/t62?,63?,64?,65?,66?,67?,73-,74-,75-,76+,77+,78+,79-,80-,81-,82?/m1/s1. The van der Waals surface area contributed by atoms with Crippen LogP contribution in [0.5, 0.6) is 0 Å². The molecule has 0 radical (unpaired) electrons. The lowest BCUT2D eigenvalue weighted by atomic mass is 9.92. The van der Waals surface area contributed by atoms with E-state index in [1.165, 1.54) is 0 Å². The van der Waals surface area contributed by atoms with Crippen LogP contribution in [0.2, 0.25) is 0 Å². The van der Waals surface area contributed by atoms with Crippen LogP contribution in [0, 0.1) is 17.8 Å². The number of carbonyl (C=O) groups excluding carboxylic acids is 5. The molecule has 0 bridgehead atoms. The first kappa shape index (κ1) is 102. The van der Waals surface area contributed by atoms with Gasteiger partial charge < -0.3 is 120 Å². The molecule has 3 fully saturated rings. The van der Waals surface area contributed by atoms with Crippen LogP contribution in [0.1, 0.15) is 278 Å². The molecule has 6 unspecified atom stereocenters. The second kappa shape index (κ2) is 65.6. The molecule has 0 aromatic rings. The molecule has 652 valence electrons. The van der Waals surface area contributed by atoms with Crippen molar-refractivity contribution in [3.63, 3.8) is 0 Å². The highest BCUT2D eigenvalue weighted by Gasteiger charge is 2.45. The van der Waals surface area contributed by atoms with Crippen molar-refractivity contribution in [1.29, 1.82) is 0 Å². The summed E-state index contributed by atoms with van der Waals surface area (Å²) in [4.78, 5) is 66.0. The molecule has 0 aromatic heterocycles. The molecule has 29 heteroatoms. The van der Waals surface area contributed by atoms with Gasteiger partial charge in [0.05, 0.1) is 77.8 Å². The van der Waals surface area contributed by atoms with Gasteiger partial charge in [-0.05, 0) is 57.8 Å². The Balaban J connectivity index is 1.44. The maximum Gasteiger partial charge on any atom is 0.222 e. The van der Waals surface area contributed by atoms with E-state index in [1.54, 1.807) is 27.9 Å². The maximum atomic E-state index is 13.9. The summed E-state index contributed by atoms with van der Waals surface area (Å²) in [5.41, 5.74) is -1.29. The Labute approximate surface area is 664 Å². The maximum absolute atomic E-state index is 13.9. The summed E-state index contributed by atoms with van der Waals surface area (Å²) in [7, 11) is 1.68. The SMILES string of the molecule is COCCCCCCNC(=O)CCCC(=O)NC(COCCC(=O)NCCCCCCCCCCCCO[C@@H]1OC(CO)[C@H](O)[C@H](O)C1C)(COCCC(=O)NCCCCCCCCCCCCO[C@@H]1OC(CO)[C@H](O)[C@H](O)C1C)COCCC(=O)NCCCCCCCCCCCCO[C@@H]1OC(CO)[C@H](O)[C@H](O)C1C.